The van der Waals surface area contributed by atoms with Crippen molar-refractivity contribution in [2.75, 3.05) is 0 Å². The summed E-state index contributed by atoms with van der Waals surface area (Å²) in [6.45, 7) is 3.80. The summed E-state index contributed by atoms with van der Waals surface area (Å²) >= 11 is 10.2. The summed E-state index contributed by atoms with van der Waals surface area (Å²) in [5, 5.41) is 10.4. The highest BCUT2D eigenvalue weighted by atomic mass is 35.5. The van der Waals surface area contributed by atoms with E-state index in [1.54, 1.807) is 5.51 Å². The fourth-order valence-electron chi connectivity index (χ4n) is 1.38. The number of halogens is 1. The van der Waals surface area contributed by atoms with E-state index in [0.29, 0.717) is 0 Å². The Balaban J connectivity index is 1.89. The third-order valence-corrected chi connectivity index (χ3v) is 5.69. The average molecular weight is 334 g/mol. The second-order valence-corrected chi connectivity index (χ2v) is 8.00. The first-order valence-corrected chi connectivity index (χ1v) is 8.50. The van der Waals surface area contributed by atoms with E-state index in [1.807, 2.05) is 26.0 Å². The van der Waals surface area contributed by atoms with Crippen molar-refractivity contribution in [2.24, 2.45) is 0 Å². The van der Waals surface area contributed by atoms with Gasteiger partial charge < -0.3 is 5.32 Å². The van der Waals surface area contributed by atoms with Crippen LogP contribution in [0.15, 0.2) is 22.0 Å². The number of amides is 1. The third-order valence-electron chi connectivity index (χ3n) is 2.37. The first-order chi connectivity index (χ1) is 9.06. The fraction of sp³-hybridized carbons (Fsp3) is 0.364. The molecule has 0 aliphatic rings. The van der Waals surface area contributed by atoms with Crippen LogP contribution in [0, 0.1) is 0 Å². The van der Waals surface area contributed by atoms with Crippen molar-refractivity contribution >= 4 is 51.9 Å². The van der Waals surface area contributed by atoms with Crippen molar-refractivity contribution in [2.45, 2.75) is 29.5 Å². The Morgan fingerprint density at radius 1 is 1.47 bits per heavy atom. The van der Waals surface area contributed by atoms with Gasteiger partial charge in [-0.05, 0) is 26.0 Å². The van der Waals surface area contributed by atoms with Gasteiger partial charge in [0.05, 0.1) is 15.6 Å². The topological polar surface area (TPSA) is 54.9 Å². The lowest BCUT2D eigenvalue weighted by molar-refractivity contribution is -0.120. The van der Waals surface area contributed by atoms with E-state index in [4.69, 9.17) is 11.6 Å². The largest absolute Gasteiger partial charge is 0.348 e. The van der Waals surface area contributed by atoms with Gasteiger partial charge in [0.25, 0.3) is 0 Å². The number of rotatable bonds is 5. The highest BCUT2D eigenvalue weighted by Crippen LogP contribution is 2.28. The number of nitrogens with one attached hydrogen (secondary N) is 1. The molecule has 0 aromatic carbocycles. The van der Waals surface area contributed by atoms with E-state index in [2.05, 4.69) is 15.5 Å². The SMILES string of the molecule is C[C@H](Sc1nncs1)C(=O)N[C@H](C)c1ccc(Cl)s1. The molecule has 2 rings (SSSR count). The Hall–Kier alpha value is -0.630. The molecule has 4 nitrogen and oxygen atoms in total. The van der Waals surface area contributed by atoms with Gasteiger partial charge in [-0.2, -0.15) is 0 Å². The predicted octanol–water partition coefficient (Wildman–Crippen LogP) is 3.61. The van der Waals surface area contributed by atoms with Crippen molar-refractivity contribution in [1.82, 2.24) is 15.5 Å². The minimum atomic E-state index is -0.203. The Morgan fingerprint density at radius 3 is 2.84 bits per heavy atom. The van der Waals surface area contributed by atoms with Crippen molar-refractivity contribution in [3.8, 4) is 0 Å². The fourth-order valence-corrected chi connectivity index (χ4v) is 4.08. The van der Waals surface area contributed by atoms with E-state index in [-0.39, 0.29) is 17.2 Å². The summed E-state index contributed by atoms with van der Waals surface area (Å²) in [6, 6.07) is 3.73. The van der Waals surface area contributed by atoms with Crippen LogP contribution in [-0.4, -0.2) is 21.4 Å². The zero-order chi connectivity index (χ0) is 13.8. The summed E-state index contributed by atoms with van der Waals surface area (Å²) in [7, 11) is 0. The maximum Gasteiger partial charge on any atom is 0.233 e. The van der Waals surface area contributed by atoms with Gasteiger partial charge in [-0.25, -0.2) is 0 Å². The lowest BCUT2D eigenvalue weighted by Gasteiger charge is -2.15. The molecule has 2 atom stereocenters. The molecule has 2 heterocycles. The molecule has 0 spiro atoms. The van der Waals surface area contributed by atoms with Gasteiger partial charge in [0.1, 0.15) is 5.51 Å². The van der Waals surface area contributed by atoms with Gasteiger partial charge in [0.15, 0.2) is 4.34 Å². The van der Waals surface area contributed by atoms with Crippen LogP contribution >= 0.6 is 46.0 Å². The van der Waals surface area contributed by atoms with Crippen LogP contribution in [0.4, 0.5) is 0 Å². The van der Waals surface area contributed by atoms with Crippen LogP contribution in [0.3, 0.4) is 0 Å². The number of hydrogen-bond acceptors (Lipinski definition) is 6. The maximum atomic E-state index is 12.1. The summed E-state index contributed by atoms with van der Waals surface area (Å²) in [5.74, 6) is -0.0165. The number of thioether (sulfide) groups is 1. The van der Waals surface area contributed by atoms with Crippen LogP contribution in [0.25, 0.3) is 0 Å². The van der Waals surface area contributed by atoms with Crippen molar-refractivity contribution in [3.63, 3.8) is 0 Å². The molecule has 0 saturated heterocycles. The first-order valence-electron chi connectivity index (χ1n) is 5.54. The Kier molecular flexibility index (Phi) is 5.20. The molecule has 0 aliphatic carbocycles. The summed E-state index contributed by atoms with van der Waals surface area (Å²) in [5.41, 5.74) is 1.66. The number of aromatic nitrogens is 2. The van der Waals surface area contributed by atoms with E-state index in [0.717, 1.165) is 13.6 Å². The lowest BCUT2D eigenvalue weighted by Crippen LogP contribution is -2.32. The van der Waals surface area contributed by atoms with Gasteiger partial charge in [0.2, 0.25) is 5.91 Å². The van der Waals surface area contributed by atoms with Crippen LogP contribution in [0.1, 0.15) is 24.8 Å². The van der Waals surface area contributed by atoms with E-state index < -0.39 is 0 Å². The molecule has 2 aromatic rings. The second-order valence-electron chi connectivity index (χ2n) is 3.84. The van der Waals surface area contributed by atoms with Gasteiger partial charge >= 0.3 is 0 Å². The van der Waals surface area contributed by atoms with E-state index in [9.17, 15) is 4.79 Å². The molecular weight excluding hydrogens is 322 g/mol. The van der Waals surface area contributed by atoms with Gasteiger partial charge in [0, 0.05) is 4.88 Å². The van der Waals surface area contributed by atoms with Crippen molar-refractivity contribution in [3.05, 3.63) is 26.9 Å². The van der Waals surface area contributed by atoms with Crippen LogP contribution in [0.5, 0.6) is 0 Å². The Bertz CT molecular complexity index is 543. The molecule has 0 unspecified atom stereocenters. The smallest absolute Gasteiger partial charge is 0.233 e. The molecule has 0 fully saturated rings. The molecule has 0 saturated carbocycles. The van der Waals surface area contributed by atoms with Crippen LogP contribution < -0.4 is 5.32 Å². The predicted molar refractivity (Wildman–Crippen MR) is 81.1 cm³/mol. The maximum absolute atomic E-state index is 12.1. The quantitative estimate of drug-likeness (QED) is 0.849. The average Bonchev–Trinajstić information content (AvgIpc) is 3.00. The minimum absolute atomic E-state index is 0.0165. The summed E-state index contributed by atoms with van der Waals surface area (Å²) in [6.07, 6.45) is 0. The Labute approximate surface area is 128 Å². The zero-order valence-electron chi connectivity index (χ0n) is 10.3. The molecule has 1 N–H and O–H groups in total. The van der Waals surface area contributed by atoms with Crippen LogP contribution in [-0.2, 0) is 4.79 Å². The minimum Gasteiger partial charge on any atom is -0.348 e. The molecule has 0 bridgehead atoms. The van der Waals surface area contributed by atoms with Gasteiger partial charge in [-0.15, -0.1) is 21.5 Å². The van der Waals surface area contributed by atoms with E-state index >= 15 is 0 Å². The normalized spacial score (nSPS) is 14.1. The van der Waals surface area contributed by atoms with E-state index in [1.165, 1.54) is 34.4 Å². The highest BCUT2D eigenvalue weighted by Gasteiger charge is 2.19. The zero-order valence-corrected chi connectivity index (χ0v) is 13.5. The molecule has 0 aliphatic heterocycles. The highest BCUT2D eigenvalue weighted by molar-refractivity contribution is 8.02. The molecule has 0 radical (unpaired) electrons. The molecule has 102 valence electrons. The molecule has 19 heavy (non-hydrogen) atoms. The van der Waals surface area contributed by atoms with Crippen LogP contribution in [0.2, 0.25) is 4.34 Å². The molecule has 8 heteroatoms. The molecule has 2 aromatic heterocycles. The number of thiophene rings is 1. The number of carbonyl (C=O) groups excluding carboxylic acids is 1. The van der Waals surface area contributed by atoms with Crippen molar-refractivity contribution < 1.29 is 4.79 Å². The number of nitrogens with zero attached hydrogens (tertiary/aromatic N) is 2. The third kappa shape index (κ3) is 4.17. The molecular formula is C11H12ClN3OS3. The first kappa shape index (κ1) is 14.8. The number of hydrogen-bond donors (Lipinski definition) is 1. The monoisotopic (exact) mass is 333 g/mol. The number of carbonyl (C=O) groups is 1. The Morgan fingerprint density at radius 2 is 2.26 bits per heavy atom. The summed E-state index contributed by atoms with van der Waals surface area (Å²) in [4.78, 5) is 13.1. The van der Waals surface area contributed by atoms with Gasteiger partial charge in [-0.3, -0.25) is 4.79 Å². The lowest BCUT2D eigenvalue weighted by atomic mass is 10.2. The summed E-state index contributed by atoms with van der Waals surface area (Å²) < 4.78 is 1.53. The molecule has 1 amide bonds. The van der Waals surface area contributed by atoms with Crippen molar-refractivity contribution in [1.29, 1.82) is 0 Å². The van der Waals surface area contributed by atoms with Gasteiger partial charge in [-0.1, -0.05) is 34.7 Å². The standard InChI is InChI=1S/C11H12ClN3OS3/c1-6(8-3-4-9(12)19-8)14-10(16)7(2)18-11-15-13-5-17-11/h3-7H,1-2H3,(H,14,16)/t6-,7+/m1/s1. The second kappa shape index (κ2) is 6.69.